The van der Waals surface area contributed by atoms with Gasteiger partial charge in [0, 0.05) is 12.5 Å². The highest BCUT2D eigenvalue weighted by Gasteiger charge is 2.09. The third-order valence-corrected chi connectivity index (χ3v) is 2.09. The predicted molar refractivity (Wildman–Crippen MR) is 61.3 cm³/mol. The number of esters is 1. The molecule has 0 bridgehead atoms. The average Bonchev–Trinajstić information content (AvgIpc) is 2.73. The van der Waals surface area contributed by atoms with Crippen molar-refractivity contribution in [3.8, 4) is 0 Å². The van der Waals surface area contributed by atoms with Gasteiger partial charge < -0.3 is 14.6 Å². The van der Waals surface area contributed by atoms with E-state index in [4.69, 9.17) is 9.26 Å². The van der Waals surface area contributed by atoms with Gasteiger partial charge >= 0.3 is 5.97 Å². The number of ether oxygens (including phenoxy) is 1. The molecule has 0 unspecified atom stereocenters. The molecule has 6 heteroatoms. The number of hydrogen-bond acceptors (Lipinski definition) is 6. The van der Waals surface area contributed by atoms with Crippen LogP contribution in [0.25, 0.3) is 0 Å². The SMILES string of the molecule is CCOC(=O)CCNCc1nc(C(C)C)no1. The Bertz CT molecular complexity index is 349. The van der Waals surface area contributed by atoms with E-state index in [1.165, 1.54) is 0 Å². The van der Waals surface area contributed by atoms with Crippen LogP contribution in [-0.2, 0) is 16.1 Å². The summed E-state index contributed by atoms with van der Waals surface area (Å²) < 4.78 is 9.84. The molecule has 0 radical (unpaired) electrons. The number of carbonyl (C=O) groups excluding carboxylic acids is 1. The lowest BCUT2D eigenvalue weighted by Crippen LogP contribution is -2.19. The summed E-state index contributed by atoms with van der Waals surface area (Å²) in [5.41, 5.74) is 0. The van der Waals surface area contributed by atoms with Crippen LogP contribution in [0.3, 0.4) is 0 Å². The molecule has 1 N–H and O–H groups in total. The highest BCUT2D eigenvalue weighted by atomic mass is 16.5. The number of hydrogen-bond donors (Lipinski definition) is 1. The van der Waals surface area contributed by atoms with E-state index in [9.17, 15) is 4.79 Å². The predicted octanol–water partition coefficient (Wildman–Crippen LogP) is 1.24. The second kappa shape index (κ2) is 7.01. The Hall–Kier alpha value is -1.43. The topological polar surface area (TPSA) is 77.2 Å². The maximum absolute atomic E-state index is 11.0. The van der Waals surface area contributed by atoms with Gasteiger partial charge in [0.05, 0.1) is 19.6 Å². The van der Waals surface area contributed by atoms with E-state index in [1.54, 1.807) is 6.92 Å². The standard InChI is InChI=1S/C11H19N3O3/c1-4-16-10(15)5-6-12-7-9-13-11(8(2)3)14-17-9/h8,12H,4-7H2,1-3H3. The van der Waals surface area contributed by atoms with Gasteiger partial charge in [0.25, 0.3) is 0 Å². The largest absolute Gasteiger partial charge is 0.466 e. The fraction of sp³-hybridized carbons (Fsp3) is 0.727. The Labute approximate surface area is 101 Å². The fourth-order valence-corrected chi connectivity index (χ4v) is 1.19. The number of aromatic nitrogens is 2. The zero-order valence-electron chi connectivity index (χ0n) is 10.5. The molecule has 0 atom stereocenters. The van der Waals surface area contributed by atoms with Gasteiger partial charge in [0.2, 0.25) is 5.89 Å². The van der Waals surface area contributed by atoms with Gasteiger partial charge in [0.1, 0.15) is 0 Å². The summed E-state index contributed by atoms with van der Waals surface area (Å²) in [7, 11) is 0. The smallest absolute Gasteiger partial charge is 0.307 e. The first-order chi connectivity index (χ1) is 8.13. The van der Waals surface area contributed by atoms with Crippen molar-refractivity contribution in [3.63, 3.8) is 0 Å². The van der Waals surface area contributed by atoms with Crippen LogP contribution >= 0.6 is 0 Å². The molecule has 96 valence electrons. The Balaban J connectivity index is 2.19. The summed E-state index contributed by atoms with van der Waals surface area (Å²) in [4.78, 5) is 15.2. The van der Waals surface area contributed by atoms with Crippen molar-refractivity contribution in [2.75, 3.05) is 13.2 Å². The molecule has 0 spiro atoms. The third-order valence-electron chi connectivity index (χ3n) is 2.09. The lowest BCUT2D eigenvalue weighted by atomic mass is 10.2. The van der Waals surface area contributed by atoms with Crippen LogP contribution < -0.4 is 5.32 Å². The molecule has 1 heterocycles. The first-order valence-electron chi connectivity index (χ1n) is 5.82. The maximum Gasteiger partial charge on any atom is 0.307 e. The van der Waals surface area contributed by atoms with Crippen molar-refractivity contribution in [2.45, 2.75) is 39.7 Å². The van der Waals surface area contributed by atoms with E-state index in [2.05, 4.69) is 15.5 Å². The van der Waals surface area contributed by atoms with Gasteiger partial charge in [-0.3, -0.25) is 4.79 Å². The van der Waals surface area contributed by atoms with Crippen LogP contribution in [0.4, 0.5) is 0 Å². The summed E-state index contributed by atoms with van der Waals surface area (Å²) >= 11 is 0. The Morgan fingerprint density at radius 1 is 1.53 bits per heavy atom. The molecule has 0 fully saturated rings. The van der Waals surface area contributed by atoms with Crippen molar-refractivity contribution < 1.29 is 14.1 Å². The van der Waals surface area contributed by atoms with Crippen LogP contribution in [0, 0.1) is 0 Å². The molecule has 0 aromatic carbocycles. The minimum atomic E-state index is -0.201. The Morgan fingerprint density at radius 3 is 2.88 bits per heavy atom. The van der Waals surface area contributed by atoms with Gasteiger partial charge in [-0.2, -0.15) is 4.98 Å². The summed E-state index contributed by atoms with van der Waals surface area (Å²) in [6.45, 7) is 7.22. The van der Waals surface area contributed by atoms with Crippen LogP contribution in [0.5, 0.6) is 0 Å². The van der Waals surface area contributed by atoms with E-state index in [0.717, 1.165) is 0 Å². The maximum atomic E-state index is 11.0. The average molecular weight is 241 g/mol. The zero-order valence-corrected chi connectivity index (χ0v) is 10.5. The zero-order chi connectivity index (χ0) is 12.7. The number of carbonyl (C=O) groups is 1. The van der Waals surface area contributed by atoms with E-state index < -0.39 is 0 Å². The van der Waals surface area contributed by atoms with E-state index in [-0.39, 0.29) is 11.9 Å². The van der Waals surface area contributed by atoms with Gasteiger partial charge in [0.15, 0.2) is 5.82 Å². The Morgan fingerprint density at radius 2 is 2.29 bits per heavy atom. The molecule has 0 saturated heterocycles. The second-order valence-electron chi connectivity index (χ2n) is 3.93. The third kappa shape index (κ3) is 4.95. The molecule has 6 nitrogen and oxygen atoms in total. The van der Waals surface area contributed by atoms with Crippen molar-refractivity contribution >= 4 is 5.97 Å². The van der Waals surface area contributed by atoms with Crippen LogP contribution in [-0.4, -0.2) is 29.3 Å². The quantitative estimate of drug-likeness (QED) is 0.571. The van der Waals surface area contributed by atoms with E-state index in [0.29, 0.717) is 37.8 Å². The summed E-state index contributed by atoms with van der Waals surface area (Å²) in [5.74, 6) is 1.30. The molecule has 0 aliphatic carbocycles. The number of nitrogens with zero attached hydrogens (tertiary/aromatic N) is 2. The molecule has 1 rings (SSSR count). The minimum absolute atomic E-state index is 0.201. The number of nitrogens with one attached hydrogen (secondary N) is 1. The molecule has 0 amide bonds. The van der Waals surface area contributed by atoms with Crippen molar-refractivity contribution in [1.29, 1.82) is 0 Å². The second-order valence-corrected chi connectivity index (χ2v) is 3.93. The lowest BCUT2D eigenvalue weighted by molar-refractivity contribution is -0.142. The van der Waals surface area contributed by atoms with Crippen LogP contribution in [0.2, 0.25) is 0 Å². The molecule has 1 aromatic rings. The van der Waals surface area contributed by atoms with Gasteiger partial charge in [-0.15, -0.1) is 0 Å². The van der Waals surface area contributed by atoms with Crippen molar-refractivity contribution in [3.05, 3.63) is 11.7 Å². The van der Waals surface area contributed by atoms with Crippen LogP contribution in [0.15, 0.2) is 4.52 Å². The first-order valence-corrected chi connectivity index (χ1v) is 5.82. The summed E-state index contributed by atoms with van der Waals surface area (Å²) in [5, 5.41) is 6.89. The molecule has 0 saturated carbocycles. The molecule has 0 aliphatic heterocycles. The monoisotopic (exact) mass is 241 g/mol. The molecular formula is C11H19N3O3. The first kappa shape index (κ1) is 13.6. The molecule has 0 aliphatic rings. The normalized spacial score (nSPS) is 10.8. The highest BCUT2D eigenvalue weighted by Crippen LogP contribution is 2.09. The van der Waals surface area contributed by atoms with E-state index >= 15 is 0 Å². The molecular weight excluding hydrogens is 222 g/mol. The Kier molecular flexibility index (Phi) is 5.62. The van der Waals surface area contributed by atoms with Gasteiger partial charge in [-0.1, -0.05) is 19.0 Å². The summed E-state index contributed by atoms with van der Waals surface area (Å²) in [6.07, 6.45) is 0.346. The van der Waals surface area contributed by atoms with Crippen molar-refractivity contribution in [2.24, 2.45) is 0 Å². The fourth-order valence-electron chi connectivity index (χ4n) is 1.19. The lowest BCUT2D eigenvalue weighted by Gasteiger charge is -2.01. The van der Waals surface area contributed by atoms with Crippen molar-refractivity contribution in [1.82, 2.24) is 15.5 Å². The summed E-state index contributed by atoms with van der Waals surface area (Å²) in [6, 6.07) is 0. The molecule has 1 aromatic heterocycles. The molecule has 17 heavy (non-hydrogen) atoms. The number of rotatable bonds is 7. The van der Waals surface area contributed by atoms with Gasteiger partial charge in [-0.25, -0.2) is 0 Å². The van der Waals surface area contributed by atoms with Gasteiger partial charge in [-0.05, 0) is 6.92 Å². The highest BCUT2D eigenvalue weighted by molar-refractivity contribution is 5.69. The minimum Gasteiger partial charge on any atom is -0.466 e. The van der Waals surface area contributed by atoms with E-state index in [1.807, 2.05) is 13.8 Å². The van der Waals surface area contributed by atoms with Crippen LogP contribution in [0.1, 0.15) is 44.8 Å².